The number of esters is 1. The summed E-state index contributed by atoms with van der Waals surface area (Å²) in [6.45, 7) is 2.25. The van der Waals surface area contributed by atoms with Crippen molar-refractivity contribution in [3.05, 3.63) is 34.3 Å². The minimum Gasteiger partial charge on any atom is -0.466 e. The molecule has 1 aromatic rings. The van der Waals surface area contributed by atoms with Crippen molar-refractivity contribution < 1.29 is 9.53 Å². The highest BCUT2D eigenvalue weighted by Gasteiger charge is 2.20. The molecule has 4 heteroatoms. The average molecular weight is 300 g/mol. The van der Waals surface area contributed by atoms with Gasteiger partial charge < -0.3 is 9.64 Å². The van der Waals surface area contributed by atoms with Crippen molar-refractivity contribution in [3.8, 4) is 0 Å². The molecule has 0 saturated carbocycles. The Kier molecular flexibility index (Phi) is 5.65. The lowest BCUT2D eigenvalue weighted by Crippen LogP contribution is -2.24. The molecule has 0 N–H and O–H groups in total. The van der Waals surface area contributed by atoms with E-state index in [4.69, 9.17) is 4.74 Å². The van der Waals surface area contributed by atoms with Gasteiger partial charge in [-0.3, -0.25) is 4.79 Å². The van der Waals surface area contributed by atoms with Gasteiger partial charge in [0.15, 0.2) is 0 Å². The number of hydrogen-bond donors (Lipinski definition) is 0. The minimum absolute atomic E-state index is 0.0321. The molecule has 1 unspecified atom stereocenters. The molecular formula is C13H18BrNO2. The first-order chi connectivity index (χ1) is 8.06. The van der Waals surface area contributed by atoms with E-state index in [1.54, 1.807) is 0 Å². The molecule has 0 fully saturated rings. The number of hydrogen-bond acceptors (Lipinski definition) is 3. The van der Waals surface area contributed by atoms with Crippen LogP contribution in [0.15, 0.2) is 28.7 Å². The fourth-order valence-electron chi connectivity index (χ4n) is 1.69. The summed E-state index contributed by atoms with van der Waals surface area (Å²) in [5, 5.41) is 0. The van der Waals surface area contributed by atoms with Gasteiger partial charge in [-0.2, -0.15) is 0 Å². The number of carbonyl (C=O) groups excluding carboxylic acids is 1. The van der Waals surface area contributed by atoms with Crippen LogP contribution in [0.2, 0.25) is 0 Å². The van der Waals surface area contributed by atoms with Gasteiger partial charge in [-0.1, -0.05) is 34.1 Å². The quantitative estimate of drug-likeness (QED) is 0.783. The molecule has 0 amide bonds. The highest BCUT2D eigenvalue weighted by atomic mass is 79.9. The van der Waals surface area contributed by atoms with Crippen LogP contribution >= 0.6 is 15.9 Å². The van der Waals surface area contributed by atoms with E-state index in [-0.39, 0.29) is 12.0 Å². The van der Waals surface area contributed by atoms with Crippen LogP contribution in [-0.2, 0) is 9.53 Å². The molecule has 0 spiro atoms. The Morgan fingerprint density at radius 3 is 2.59 bits per heavy atom. The SMILES string of the molecule is CCOC(=O)CC(c1ccccc1Br)N(C)C. The van der Waals surface area contributed by atoms with E-state index < -0.39 is 0 Å². The maximum atomic E-state index is 11.6. The number of halogens is 1. The first kappa shape index (κ1) is 14.2. The number of nitrogens with zero attached hydrogens (tertiary/aromatic N) is 1. The third-order valence-electron chi connectivity index (χ3n) is 2.55. The topological polar surface area (TPSA) is 29.5 Å². The number of benzene rings is 1. The highest BCUT2D eigenvalue weighted by Crippen LogP contribution is 2.29. The summed E-state index contributed by atoms with van der Waals surface area (Å²) in [4.78, 5) is 13.6. The lowest BCUT2D eigenvalue weighted by molar-refractivity contribution is -0.144. The molecule has 0 aliphatic heterocycles. The zero-order valence-corrected chi connectivity index (χ0v) is 12.0. The van der Waals surface area contributed by atoms with Gasteiger partial charge >= 0.3 is 5.97 Å². The van der Waals surface area contributed by atoms with Gasteiger partial charge in [0.2, 0.25) is 0 Å². The van der Waals surface area contributed by atoms with E-state index in [0.29, 0.717) is 13.0 Å². The van der Waals surface area contributed by atoms with Crippen LogP contribution in [-0.4, -0.2) is 31.6 Å². The third-order valence-corrected chi connectivity index (χ3v) is 3.28. The molecule has 1 aromatic carbocycles. The van der Waals surface area contributed by atoms with E-state index >= 15 is 0 Å². The predicted molar refractivity (Wildman–Crippen MR) is 71.8 cm³/mol. The van der Waals surface area contributed by atoms with E-state index in [2.05, 4.69) is 15.9 Å². The molecule has 3 nitrogen and oxygen atoms in total. The highest BCUT2D eigenvalue weighted by molar-refractivity contribution is 9.10. The summed E-state index contributed by atoms with van der Waals surface area (Å²) in [5.74, 6) is -0.165. The Labute approximate surface area is 111 Å². The Bertz CT molecular complexity index is 379. The van der Waals surface area contributed by atoms with Crippen molar-refractivity contribution in [1.82, 2.24) is 4.90 Å². The van der Waals surface area contributed by atoms with Crippen molar-refractivity contribution in [2.75, 3.05) is 20.7 Å². The number of rotatable bonds is 5. The van der Waals surface area contributed by atoms with E-state index in [1.165, 1.54) is 0 Å². The lowest BCUT2D eigenvalue weighted by Gasteiger charge is -2.24. The first-order valence-corrected chi connectivity index (χ1v) is 6.42. The zero-order valence-electron chi connectivity index (χ0n) is 10.4. The first-order valence-electron chi connectivity index (χ1n) is 5.62. The van der Waals surface area contributed by atoms with E-state index in [1.807, 2.05) is 50.2 Å². The average Bonchev–Trinajstić information content (AvgIpc) is 2.27. The molecule has 17 heavy (non-hydrogen) atoms. The van der Waals surface area contributed by atoms with Crippen molar-refractivity contribution in [1.29, 1.82) is 0 Å². The molecular weight excluding hydrogens is 282 g/mol. The molecule has 0 heterocycles. The van der Waals surface area contributed by atoms with Crippen LogP contribution in [0.25, 0.3) is 0 Å². The normalized spacial score (nSPS) is 12.5. The number of ether oxygens (including phenoxy) is 1. The second-order valence-electron chi connectivity index (χ2n) is 4.01. The largest absolute Gasteiger partial charge is 0.466 e. The monoisotopic (exact) mass is 299 g/mol. The number of carbonyl (C=O) groups is 1. The summed E-state index contributed by atoms with van der Waals surface area (Å²) < 4.78 is 6.02. The van der Waals surface area contributed by atoms with Gasteiger partial charge in [-0.05, 0) is 32.6 Å². The fraction of sp³-hybridized carbons (Fsp3) is 0.462. The van der Waals surface area contributed by atoms with Crippen molar-refractivity contribution in [2.45, 2.75) is 19.4 Å². The van der Waals surface area contributed by atoms with Gasteiger partial charge in [0.05, 0.1) is 13.0 Å². The van der Waals surface area contributed by atoms with Crippen molar-refractivity contribution in [3.63, 3.8) is 0 Å². The van der Waals surface area contributed by atoms with Gasteiger partial charge in [-0.25, -0.2) is 0 Å². The molecule has 1 rings (SSSR count). The Balaban J connectivity index is 2.87. The minimum atomic E-state index is -0.165. The molecule has 1 atom stereocenters. The summed E-state index contributed by atoms with van der Waals surface area (Å²) in [6.07, 6.45) is 0.365. The summed E-state index contributed by atoms with van der Waals surface area (Å²) in [5.41, 5.74) is 1.10. The van der Waals surface area contributed by atoms with Crippen LogP contribution in [0.5, 0.6) is 0 Å². The fourth-order valence-corrected chi connectivity index (χ4v) is 2.24. The standard InChI is InChI=1S/C13H18BrNO2/c1-4-17-13(16)9-12(15(2)3)10-7-5-6-8-11(10)14/h5-8,12H,4,9H2,1-3H3. The lowest BCUT2D eigenvalue weighted by atomic mass is 10.0. The van der Waals surface area contributed by atoms with Crippen LogP contribution < -0.4 is 0 Å². The summed E-state index contributed by atoms with van der Waals surface area (Å²) in [7, 11) is 3.92. The summed E-state index contributed by atoms with van der Waals surface area (Å²) >= 11 is 3.52. The third kappa shape index (κ3) is 4.13. The van der Waals surface area contributed by atoms with Crippen molar-refractivity contribution >= 4 is 21.9 Å². The molecule has 0 aliphatic rings. The smallest absolute Gasteiger partial charge is 0.307 e. The van der Waals surface area contributed by atoms with Gasteiger partial charge in [0.1, 0.15) is 0 Å². The van der Waals surface area contributed by atoms with E-state index in [9.17, 15) is 4.79 Å². The second kappa shape index (κ2) is 6.77. The second-order valence-corrected chi connectivity index (χ2v) is 4.86. The summed E-state index contributed by atoms with van der Waals surface area (Å²) in [6, 6.07) is 7.97. The van der Waals surface area contributed by atoms with Crippen LogP contribution in [0.1, 0.15) is 24.9 Å². The molecule has 94 valence electrons. The maximum absolute atomic E-state index is 11.6. The molecule has 0 saturated heterocycles. The van der Waals surface area contributed by atoms with Crippen LogP contribution in [0.4, 0.5) is 0 Å². The van der Waals surface area contributed by atoms with Crippen LogP contribution in [0, 0.1) is 0 Å². The Hall–Kier alpha value is -0.870. The van der Waals surface area contributed by atoms with Crippen LogP contribution in [0.3, 0.4) is 0 Å². The van der Waals surface area contributed by atoms with Gasteiger partial charge in [0.25, 0.3) is 0 Å². The molecule has 0 bridgehead atoms. The van der Waals surface area contributed by atoms with Crippen molar-refractivity contribution in [2.24, 2.45) is 0 Å². The van der Waals surface area contributed by atoms with Gasteiger partial charge in [-0.15, -0.1) is 0 Å². The molecule has 0 aliphatic carbocycles. The Morgan fingerprint density at radius 2 is 2.06 bits per heavy atom. The van der Waals surface area contributed by atoms with Gasteiger partial charge in [0, 0.05) is 10.5 Å². The van der Waals surface area contributed by atoms with E-state index in [0.717, 1.165) is 10.0 Å². The zero-order chi connectivity index (χ0) is 12.8. The molecule has 0 aromatic heterocycles. The predicted octanol–water partition coefficient (Wildman–Crippen LogP) is 3.01. The molecule has 0 radical (unpaired) electrons. The Morgan fingerprint density at radius 1 is 1.41 bits per heavy atom. The maximum Gasteiger partial charge on any atom is 0.307 e.